The highest BCUT2D eigenvalue weighted by molar-refractivity contribution is 9.10. The Morgan fingerprint density at radius 1 is 1.11 bits per heavy atom. The van der Waals surface area contributed by atoms with Gasteiger partial charge in [0.05, 0.1) is 11.1 Å². The van der Waals surface area contributed by atoms with E-state index in [0.717, 1.165) is 4.47 Å². The van der Waals surface area contributed by atoms with E-state index in [0.29, 0.717) is 5.69 Å². The van der Waals surface area contributed by atoms with Crippen LogP contribution in [0.15, 0.2) is 47.2 Å². The highest BCUT2D eigenvalue weighted by Gasteiger charge is 2.16. The third-order valence-electron chi connectivity index (χ3n) is 2.40. The highest BCUT2D eigenvalue weighted by Crippen LogP contribution is 2.16. The number of amides is 1. The van der Waals surface area contributed by atoms with Crippen molar-refractivity contribution in [2.75, 3.05) is 5.32 Å². The standard InChI is InChI=1S/C13H9BrN2O3/c14-8-1-3-9(4-2-8)16-12(17)11-7-15-6-5-10(11)13(18)19/h1-7H,(H,16,17)(H,18,19). The van der Waals surface area contributed by atoms with Crippen LogP contribution in [-0.2, 0) is 0 Å². The molecule has 0 fully saturated rings. The van der Waals surface area contributed by atoms with Gasteiger partial charge >= 0.3 is 5.97 Å². The largest absolute Gasteiger partial charge is 0.478 e. The number of carboxylic acids is 1. The third-order valence-corrected chi connectivity index (χ3v) is 2.93. The fraction of sp³-hybridized carbons (Fsp3) is 0. The van der Waals surface area contributed by atoms with E-state index in [1.807, 2.05) is 0 Å². The Morgan fingerprint density at radius 2 is 1.79 bits per heavy atom. The van der Waals surface area contributed by atoms with E-state index in [1.54, 1.807) is 24.3 Å². The van der Waals surface area contributed by atoms with Gasteiger partial charge in [-0.1, -0.05) is 15.9 Å². The molecule has 0 aliphatic rings. The molecule has 19 heavy (non-hydrogen) atoms. The summed E-state index contributed by atoms with van der Waals surface area (Å²) in [7, 11) is 0. The molecule has 2 rings (SSSR count). The van der Waals surface area contributed by atoms with Gasteiger partial charge in [-0.2, -0.15) is 0 Å². The number of carboxylic acid groups (broad SMARTS) is 1. The molecule has 0 aliphatic carbocycles. The average molecular weight is 321 g/mol. The molecule has 0 atom stereocenters. The van der Waals surface area contributed by atoms with Crippen molar-refractivity contribution in [2.45, 2.75) is 0 Å². The number of halogens is 1. The molecule has 0 aliphatic heterocycles. The van der Waals surface area contributed by atoms with Crippen LogP contribution in [0.4, 0.5) is 5.69 Å². The number of hydrogen-bond donors (Lipinski definition) is 2. The summed E-state index contributed by atoms with van der Waals surface area (Å²) in [5, 5.41) is 11.6. The molecule has 1 aromatic heterocycles. The van der Waals surface area contributed by atoms with E-state index in [4.69, 9.17) is 5.11 Å². The van der Waals surface area contributed by atoms with Gasteiger partial charge in [-0.25, -0.2) is 4.79 Å². The Morgan fingerprint density at radius 3 is 2.42 bits per heavy atom. The Labute approximate surface area is 117 Å². The number of hydrogen-bond acceptors (Lipinski definition) is 3. The number of pyridine rings is 1. The zero-order chi connectivity index (χ0) is 13.8. The van der Waals surface area contributed by atoms with Gasteiger partial charge in [-0.15, -0.1) is 0 Å². The Bertz CT molecular complexity index is 626. The van der Waals surface area contributed by atoms with E-state index in [9.17, 15) is 9.59 Å². The zero-order valence-electron chi connectivity index (χ0n) is 9.63. The van der Waals surface area contributed by atoms with Crippen molar-refractivity contribution in [3.63, 3.8) is 0 Å². The predicted octanol–water partition coefficient (Wildman–Crippen LogP) is 2.79. The monoisotopic (exact) mass is 320 g/mol. The first-order chi connectivity index (χ1) is 9.08. The Hall–Kier alpha value is -2.21. The summed E-state index contributed by atoms with van der Waals surface area (Å²) in [4.78, 5) is 26.8. The number of anilines is 1. The molecule has 0 saturated heterocycles. The van der Waals surface area contributed by atoms with Gasteiger partial charge in [-0.3, -0.25) is 9.78 Å². The molecule has 0 radical (unpaired) electrons. The molecule has 2 N–H and O–H groups in total. The first-order valence-electron chi connectivity index (χ1n) is 5.32. The van der Waals surface area contributed by atoms with Crippen molar-refractivity contribution in [3.8, 4) is 0 Å². The summed E-state index contributed by atoms with van der Waals surface area (Å²) in [6, 6.07) is 8.25. The SMILES string of the molecule is O=C(O)c1ccncc1C(=O)Nc1ccc(Br)cc1. The minimum absolute atomic E-state index is 0.0259. The van der Waals surface area contributed by atoms with Crippen LogP contribution in [0.2, 0.25) is 0 Å². The molecule has 96 valence electrons. The molecule has 1 amide bonds. The molecule has 0 bridgehead atoms. The number of carbonyl (C=O) groups is 2. The van der Waals surface area contributed by atoms with Gasteiger partial charge in [0.1, 0.15) is 0 Å². The maximum Gasteiger partial charge on any atom is 0.336 e. The molecule has 0 saturated carbocycles. The van der Waals surface area contributed by atoms with Gasteiger partial charge in [-0.05, 0) is 30.3 Å². The molecule has 0 unspecified atom stereocenters. The predicted molar refractivity (Wildman–Crippen MR) is 73.3 cm³/mol. The van der Waals surface area contributed by atoms with E-state index in [1.165, 1.54) is 18.5 Å². The third kappa shape index (κ3) is 3.17. The number of nitrogens with one attached hydrogen (secondary N) is 1. The quantitative estimate of drug-likeness (QED) is 0.911. The van der Waals surface area contributed by atoms with Crippen molar-refractivity contribution < 1.29 is 14.7 Å². The summed E-state index contributed by atoms with van der Waals surface area (Å²) in [6.45, 7) is 0. The Balaban J connectivity index is 2.25. The lowest BCUT2D eigenvalue weighted by Gasteiger charge is -2.07. The fourth-order valence-electron chi connectivity index (χ4n) is 1.49. The van der Waals surface area contributed by atoms with Gasteiger partial charge < -0.3 is 10.4 Å². The second-order valence-corrected chi connectivity index (χ2v) is 4.60. The van der Waals surface area contributed by atoms with Crippen LogP contribution in [0.5, 0.6) is 0 Å². The number of benzene rings is 1. The van der Waals surface area contributed by atoms with Gasteiger partial charge in [0.25, 0.3) is 5.91 Å². The average Bonchev–Trinajstić information content (AvgIpc) is 2.41. The first-order valence-corrected chi connectivity index (χ1v) is 6.11. The summed E-state index contributed by atoms with van der Waals surface area (Å²) >= 11 is 3.29. The zero-order valence-corrected chi connectivity index (χ0v) is 11.2. The lowest BCUT2D eigenvalue weighted by molar-refractivity contribution is 0.0692. The lowest BCUT2D eigenvalue weighted by Crippen LogP contribution is -2.16. The topological polar surface area (TPSA) is 79.3 Å². The van der Waals surface area contributed by atoms with Gasteiger partial charge in [0.2, 0.25) is 0 Å². The number of aromatic nitrogens is 1. The smallest absolute Gasteiger partial charge is 0.336 e. The van der Waals surface area contributed by atoms with Crippen molar-refractivity contribution in [1.29, 1.82) is 0 Å². The van der Waals surface area contributed by atoms with Crippen LogP contribution in [0.3, 0.4) is 0 Å². The molecule has 0 spiro atoms. The maximum atomic E-state index is 12.0. The second-order valence-electron chi connectivity index (χ2n) is 3.69. The fourth-order valence-corrected chi connectivity index (χ4v) is 1.76. The van der Waals surface area contributed by atoms with E-state index in [2.05, 4.69) is 26.2 Å². The van der Waals surface area contributed by atoms with Crippen LogP contribution in [0.25, 0.3) is 0 Å². The van der Waals surface area contributed by atoms with E-state index < -0.39 is 11.9 Å². The van der Waals surface area contributed by atoms with Gasteiger partial charge in [0.15, 0.2) is 0 Å². The molecule has 1 aromatic carbocycles. The molecular weight excluding hydrogens is 312 g/mol. The lowest BCUT2D eigenvalue weighted by atomic mass is 10.1. The van der Waals surface area contributed by atoms with Crippen LogP contribution in [0.1, 0.15) is 20.7 Å². The minimum Gasteiger partial charge on any atom is -0.478 e. The van der Waals surface area contributed by atoms with Crippen LogP contribution in [-0.4, -0.2) is 22.0 Å². The molecule has 5 nitrogen and oxygen atoms in total. The maximum absolute atomic E-state index is 12.0. The van der Waals surface area contributed by atoms with Crippen molar-refractivity contribution in [2.24, 2.45) is 0 Å². The number of carbonyl (C=O) groups excluding carboxylic acids is 1. The van der Waals surface area contributed by atoms with Crippen molar-refractivity contribution in [1.82, 2.24) is 4.98 Å². The number of nitrogens with zero attached hydrogens (tertiary/aromatic N) is 1. The second kappa shape index (κ2) is 5.62. The summed E-state index contributed by atoms with van der Waals surface area (Å²) < 4.78 is 0.887. The Kier molecular flexibility index (Phi) is 3.91. The molecule has 2 aromatic rings. The summed E-state index contributed by atoms with van der Waals surface area (Å²) in [5.74, 6) is -1.67. The number of rotatable bonds is 3. The van der Waals surface area contributed by atoms with E-state index in [-0.39, 0.29) is 11.1 Å². The molecular formula is C13H9BrN2O3. The van der Waals surface area contributed by atoms with Gasteiger partial charge in [0, 0.05) is 22.6 Å². The molecule has 1 heterocycles. The highest BCUT2D eigenvalue weighted by atomic mass is 79.9. The van der Waals surface area contributed by atoms with Crippen molar-refractivity contribution in [3.05, 3.63) is 58.3 Å². The summed E-state index contributed by atoms with van der Waals surface area (Å²) in [6.07, 6.45) is 2.57. The van der Waals surface area contributed by atoms with Crippen molar-refractivity contribution >= 4 is 33.5 Å². The minimum atomic E-state index is -1.16. The van der Waals surface area contributed by atoms with Crippen LogP contribution in [0, 0.1) is 0 Å². The normalized spacial score (nSPS) is 9.95. The van der Waals surface area contributed by atoms with E-state index >= 15 is 0 Å². The summed E-state index contributed by atoms with van der Waals surface area (Å²) in [5.41, 5.74) is 0.524. The number of aromatic carboxylic acids is 1. The van der Waals surface area contributed by atoms with Crippen LogP contribution >= 0.6 is 15.9 Å². The first kappa shape index (κ1) is 13.2. The van der Waals surface area contributed by atoms with Crippen LogP contribution < -0.4 is 5.32 Å². The molecule has 6 heteroatoms.